The van der Waals surface area contributed by atoms with Gasteiger partial charge in [-0.3, -0.25) is 9.59 Å². The molecule has 0 spiro atoms. The minimum Gasteiger partial charge on any atom is -0.400 e. The zero-order chi connectivity index (χ0) is 20.7. The molecule has 0 radical (unpaired) electrons. The van der Waals surface area contributed by atoms with Gasteiger partial charge in [0.25, 0.3) is 11.7 Å². The molecule has 3 heterocycles. The number of benzene rings is 2. The summed E-state index contributed by atoms with van der Waals surface area (Å²) >= 11 is 1.21. The van der Waals surface area contributed by atoms with E-state index in [0.29, 0.717) is 18.5 Å². The Morgan fingerprint density at radius 1 is 1.17 bits per heavy atom. The lowest BCUT2D eigenvalue weighted by Crippen LogP contribution is -2.29. The van der Waals surface area contributed by atoms with E-state index in [1.54, 1.807) is 18.2 Å². The van der Waals surface area contributed by atoms with Crippen molar-refractivity contribution in [1.29, 1.82) is 0 Å². The first-order valence-corrected chi connectivity index (χ1v) is 9.97. The summed E-state index contributed by atoms with van der Waals surface area (Å²) in [6, 6.07) is 11.3. The number of nitrogens with zero attached hydrogens (tertiary/aromatic N) is 3. The van der Waals surface area contributed by atoms with Crippen LogP contribution in [0.5, 0.6) is 0 Å². The quantitative estimate of drug-likeness (QED) is 0.475. The Kier molecular flexibility index (Phi) is 4.47. The van der Waals surface area contributed by atoms with Gasteiger partial charge >= 0.3 is 6.01 Å². The van der Waals surface area contributed by atoms with Gasteiger partial charge in [0.1, 0.15) is 11.9 Å². The predicted octanol–water partition coefficient (Wildman–Crippen LogP) is 3.02. The number of amides is 1. The number of halogens is 1. The van der Waals surface area contributed by atoms with Crippen LogP contribution in [0.15, 0.2) is 46.9 Å². The van der Waals surface area contributed by atoms with Crippen molar-refractivity contribution in [2.75, 3.05) is 11.9 Å². The first kappa shape index (κ1) is 18.4. The van der Waals surface area contributed by atoms with E-state index >= 15 is 0 Å². The van der Waals surface area contributed by atoms with Crippen LogP contribution in [0.2, 0.25) is 0 Å². The van der Waals surface area contributed by atoms with Crippen LogP contribution in [-0.4, -0.2) is 39.5 Å². The van der Waals surface area contributed by atoms with Crippen molar-refractivity contribution in [2.24, 2.45) is 0 Å². The minimum atomic E-state index is -0.490. The Hall–Kier alpha value is -3.66. The largest absolute Gasteiger partial charge is 0.400 e. The number of aromatic nitrogens is 3. The van der Waals surface area contributed by atoms with Crippen LogP contribution >= 0.6 is 11.3 Å². The Balaban J connectivity index is 1.38. The molecule has 1 aliphatic heterocycles. The molecule has 0 saturated carbocycles. The minimum absolute atomic E-state index is 0.0140. The molecule has 5 rings (SSSR count). The summed E-state index contributed by atoms with van der Waals surface area (Å²) < 4.78 is 19.3. The van der Waals surface area contributed by atoms with Crippen LogP contribution in [-0.2, 0) is 4.79 Å². The summed E-state index contributed by atoms with van der Waals surface area (Å²) in [6.45, 7) is 0.571. The number of ketones is 1. The summed E-state index contributed by atoms with van der Waals surface area (Å²) in [5.74, 6) is -1.14. The molecule has 1 saturated heterocycles. The summed E-state index contributed by atoms with van der Waals surface area (Å²) in [5, 5.41) is 13.3. The zero-order valence-electron chi connectivity index (χ0n) is 15.4. The average Bonchev–Trinajstić information content (AvgIpc) is 3.48. The van der Waals surface area contributed by atoms with Crippen LogP contribution in [0.4, 0.5) is 10.4 Å². The molecule has 8 nitrogen and oxygen atoms in total. The molecule has 1 unspecified atom stereocenters. The van der Waals surface area contributed by atoms with Crippen LogP contribution in [0, 0.1) is 5.82 Å². The lowest BCUT2D eigenvalue weighted by Gasteiger charge is -2.05. The predicted molar refractivity (Wildman–Crippen MR) is 108 cm³/mol. The first-order chi connectivity index (χ1) is 14.6. The highest BCUT2D eigenvalue weighted by atomic mass is 32.1. The molecule has 150 valence electrons. The molecule has 1 aliphatic rings. The smallest absolute Gasteiger partial charge is 0.316 e. The molecule has 2 aromatic heterocycles. The van der Waals surface area contributed by atoms with E-state index in [0.717, 1.165) is 15.8 Å². The summed E-state index contributed by atoms with van der Waals surface area (Å²) in [6.07, 6.45) is 0.596. The Morgan fingerprint density at radius 2 is 1.97 bits per heavy atom. The molecule has 2 aromatic carbocycles. The van der Waals surface area contributed by atoms with E-state index in [2.05, 4.69) is 25.8 Å². The second kappa shape index (κ2) is 7.30. The summed E-state index contributed by atoms with van der Waals surface area (Å²) in [4.78, 5) is 28.7. The maximum absolute atomic E-state index is 13.2. The molecule has 30 heavy (non-hydrogen) atoms. The van der Waals surface area contributed by atoms with Gasteiger partial charge in [-0.15, -0.1) is 16.4 Å². The number of fused-ring (bicyclic) bond motifs is 1. The van der Waals surface area contributed by atoms with Gasteiger partial charge < -0.3 is 15.1 Å². The summed E-state index contributed by atoms with van der Waals surface area (Å²) in [5.41, 5.74) is 2.42. The molecule has 4 aromatic rings. The van der Waals surface area contributed by atoms with E-state index in [4.69, 9.17) is 4.42 Å². The lowest BCUT2D eigenvalue weighted by molar-refractivity contribution is -0.119. The monoisotopic (exact) mass is 423 g/mol. The Bertz CT molecular complexity index is 1270. The number of nitrogens with one attached hydrogen (secondary N) is 2. The molecule has 10 heteroatoms. The highest BCUT2D eigenvalue weighted by Crippen LogP contribution is 2.29. The average molecular weight is 423 g/mol. The van der Waals surface area contributed by atoms with Crippen LogP contribution in [0.25, 0.3) is 21.3 Å². The molecule has 1 fully saturated rings. The molecule has 0 bridgehead atoms. The number of thiazole rings is 1. The summed E-state index contributed by atoms with van der Waals surface area (Å²) in [7, 11) is 0. The number of hydrogen-bond donors (Lipinski definition) is 2. The normalized spacial score (nSPS) is 16.0. The van der Waals surface area contributed by atoms with Crippen molar-refractivity contribution in [3.63, 3.8) is 0 Å². The highest BCUT2D eigenvalue weighted by molar-refractivity contribution is 7.20. The molecular formula is C20H14FN5O3S. The molecular weight excluding hydrogens is 409 g/mol. The first-order valence-electron chi connectivity index (χ1n) is 9.16. The van der Waals surface area contributed by atoms with E-state index < -0.39 is 11.8 Å². The molecule has 1 amide bonds. The third-order valence-electron chi connectivity index (χ3n) is 4.73. The topological polar surface area (TPSA) is 110 Å². The second-order valence-electron chi connectivity index (χ2n) is 6.73. The Labute approximate surface area is 173 Å². The number of rotatable bonds is 5. The molecule has 0 aliphatic carbocycles. The highest BCUT2D eigenvalue weighted by Gasteiger charge is 2.27. The zero-order valence-corrected chi connectivity index (χ0v) is 16.2. The van der Waals surface area contributed by atoms with Gasteiger partial charge in [0.05, 0.1) is 10.2 Å². The fourth-order valence-corrected chi connectivity index (χ4v) is 4.13. The van der Waals surface area contributed by atoms with Crippen LogP contribution in [0.3, 0.4) is 0 Å². The van der Waals surface area contributed by atoms with E-state index in [9.17, 15) is 14.0 Å². The van der Waals surface area contributed by atoms with E-state index in [1.807, 2.05) is 12.1 Å². The maximum Gasteiger partial charge on any atom is 0.316 e. The lowest BCUT2D eigenvalue weighted by atomic mass is 10.1. The number of carbonyl (C=O) groups is 2. The van der Waals surface area contributed by atoms with E-state index in [1.165, 1.54) is 23.5 Å². The van der Waals surface area contributed by atoms with Gasteiger partial charge in [0.15, 0.2) is 5.01 Å². The number of carbonyl (C=O) groups excluding carboxylic acids is 2. The van der Waals surface area contributed by atoms with Gasteiger partial charge in [0.2, 0.25) is 5.91 Å². The number of hydrogen-bond acceptors (Lipinski definition) is 8. The standard InChI is InChI=1S/C20H14FN5O3S/c21-12-4-1-10(2-5-12)11-3-6-13-15(9-11)30-19(23-13)16(27)18-25-26-20(29-18)24-14-7-8-22-17(14)28/h1-6,9,14H,7-8H2,(H,22,28)(H,24,26). The van der Waals surface area contributed by atoms with Crippen molar-refractivity contribution in [3.8, 4) is 11.1 Å². The van der Waals surface area contributed by atoms with Crippen molar-refractivity contribution in [1.82, 2.24) is 20.5 Å². The SMILES string of the molecule is O=C(c1nnc(NC2CCNC2=O)o1)c1nc2ccc(-c3ccc(F)cc3)cc2s1. The molecule has 2 N–H and O–H groups in total. The third kappa shape index (κ3) is 3.41. The van der Waals surface area contributed by atoms with Gasteiger partial charge in [0, 0.05) is 6.54 Å². The fourth-order valence-electron chi connectivity index (χ4n) is 3.19. The van der Waals surface area contributed by atoms with Crippen molar-refractivity contribution < 1.29 is 18.4 Å². The van der Waals surface area contributed by atoms with E-state index in [-0.39, 0.29) is 28.6 Å². The second-order valence-corrected chi connectivity index (χ2v) is 7.76. The molecule has 1 atom stereocenters. The maximum atomic E-state index is 13.2. The van der Waals surface area contributed by atoms with Crippen LogP contribution < -0.4 is 10.6 Å². The van der Waals surface area contributed by atoms with Gasteiger partial charge in [-0.25, -0.2) is 9.37 Å². The number of anilines is 1. The van der Waals surface area contributed by atoms with Crippen LogP contribution in [0.1, 0.15) is 22.1 Å². The van der Waals surface area contributed by atoms with Gasteiger partial charge in [-0.2, -0.15) is 0 Å². The van der Waals surface area contributed by atoms with Gasteiger partial charge in [-0.05, 0) is 41.8 Å². The fraction of sp³-hybridized carbons (Fsp3) is 0.150. The van der Waals surface area contributed by atoms with Crippen molar-refractivity contribution in [3.05, 3.63) is 59.2 Å². The third-order valence-corrected chi connectivity index (χ3v) is 5.74. The van der Waals surface area contributed by atoms with Gasteiger partial charge in [-0.1, -0.05) is 23.3 Å². The Morgan fingerprint density at radius 3 is 2.73 bits per heavy atom. The van der Waals surface area contributed by atoms with Crippen molar-refractivity contribution >= 4 is 39.3 Å². The van der Waals surface area contributed by atoms with Crippen molar-refractivity contribution in [2.45, 2.75) is 12.5 Å².